The Labute approximate surface area is 167 Å². The summed E-state index contributed by atoms with van der Waals surface area (Å²) in [6.45, 7) is 0.675. The second-order valence-electron chi connectivity index (χ2n) is 6.53. The molecular weight excluding hydrogens is 408 g/mol. The summed E-state index contributed by atoms with van der Waals surface area (Å²) >= 11 is 3.51. The number of nitrogens with one attached hydrogen (secondary N) is 1. The number of methoxy groups -OCH3 is 1. The smallest absolute Gasteiger partial charge is 0.227 e. The Kier molecular flexibility index (Phi) is 6.50. The number of rotatable bonds is 6. The lowest BCUT2D eigenvalue weighted by Gasteiger charge is -2.28. The van der Waals surface area contributed by atoms with Crippen LogP contribution in [0.25, 0.3) is 0 Å². The Morgan fingerprint density at radius 1 is 1.22 bits per heavy atom. The SMILES string of the molecule is COc1ccc(NC(=O)CCc2ccccc2Br)cc1N1CCCCC1=O. The van der Waals surface area contributed by atoms with Gasteiger partial charge in [-0.2, -0.15) is 0 Å². The lowest BCUT2D eigenvalue weighted by atomic mass is 10.1. The van der Waals surface area contributed by atoms with E-state index in [1.807, 2.05) is 30.3 Å². The monoisotopic (exact) mass is 430 g/mol. The van der Waals surface area contributed by atoms with Crippen molar-refractivity contribution >= 4 is 39.1 Å². The number of ether oxygens (including phenoxy) is 1. The van der Waals surface area contributed by atoms with Crippen LogP contribution in [-0.4, -0.2) is 25.5 Å². The van der Waals surface area contributed by atoms with Crippen molar-refractivity contribution in [2.75, 3.05) is 23.9 Å². The van der Waals surface area contributed by atoms with Gasteiger partial charge < -0.3 is 15.0 Å². The number of hydrogen-bond acceptors (Lipinski definition) is 3. The molecule has 2 aromatic carbocycles. The highest BCUT2D eigenvalue weighted by molar-refractivity contribution is 9.10. The lowest BCUT2D eigenvalue weighted by Crippen LogP contribution is -2.35. The maximum atomic E-state index is 12.4. The van der Waals surface area contributed by atoms with E-state index in [4.69, 9.17) is 4.74 Å². The molecule has 1 saturated heterocycles. The zero-order chi connectivity index (χ0) is 19.2. The molecule has 2 amide bonds. The van der Waals surface area contributed by atoms with E-state index in [0.717, 1.165) is 22.9 Å². The van der Waals surface area contributed by atoms with Crippen molar-refractivity contribution in [1.82, 2.24) is 0 Å². The molecule has 0 aliphatic carbocycles. The Hall–Kier alpha value is -2.34. The summed E-state index contributed by atoms with van der Waals surface area (Å²) in [7, 11) is 1.59. The van der Waals surface area contributed by atoms with Gasteiger partial charge >= 0.3 is 0 Å². The number of hydrogen-bond donors (Lipinski definition) is 1. The third-order valence-electron chi connectivity index (χ3n) is 4.66. The molecule has 0 spiro atoms. The van der Waals surface area contributed by atoms with Crippen LogP contribution in [-0.2, 0) is 16.0 Å². The number of benzene rings is 2. The van der Waals surface area contributed by atoms with Crippen molar-refractivity contribution in [3.63, 3.8) is 0 Å². The van der Waals surface area contributed by atoms with E-state index in [9.17, 15) is 9.59 Å². The Morgan fingerprint density at radius 2 is 2.04 bits per heavy atom. The molecule has 1 heterocycles. The molecule has 0 saturated carbocycles. The van der Waals surface area contributed by atoms with E-state index in [1.54, 1.807) is 24.1 Å². The summed E-state index contributed by atoms with van der Waals surface area (Å²) < 4.78 is 6.42. The summed E-state index contributed by atoms with van der Waals surface area (Å²) in [5.41, 5.74) is 2.48. The number of nitrogens with zero attached hydrogens (tertiary/aromatic N) is 1. The predicted octanol–water partition coefficient (Wildman–Crippen LogP) is 4.55. The largest absolute Gasteiger partial charge is 0.495 e. The Morgan fingerprint density at radius 3 is 2.78 bits per heavy atom. The Bertz CT molecular complexity index is 838. The number of halogens is 1. The third-order valence-corrected chi connectivity index (χ3v) is 5.43. The fraction of sp³-hybridized carbons (Fsp3) is 0.333. The molecule has 0 bridgehead atoms. The summed E-state index contributed by atoms with van der Waals surface area (Å²) in [6.07, 6.45) is 3.47. The summed E-state index contributed by atoms with van der Waals surface area (Å²) in [5.74, 6) is 0.667. The van der Waals surface area contributed by atoms with Crippen LogP contribution in [0.4, 0.5) is 11.4 Å². The van der Waals surface area contributed by atoms with Crippen molar-refractivity contribution in [1.29, 1.82) is 0 Å². The predicted molar refractivity (Wildman–Crippen MR) is 110 cm³/mol. The first-order valence-corrected chi connectivity index (χ1v) is 9.89. The molecule has 27 heavy (non-hydrogen) atoms. The summed E-state index contributed by atoms with van der Waals surface area (Å²) in [6, 6.07) is 13.3. The van der Waals surface area contributed by atoms with Gasteiger partial charge in [-0.1, -0.05) is 34.1 Å². The summed E-state index contributed by atoms with van der Waals surface area (Å²) in [4.78, 5) is 26.4. The van der Waals surface area contributed by atoms with Crippen LogP contribution in [0.3, 0.4) is 0 Å². The van der Waals surface area contributed by atoms with Crippen LogP contribution in [0, 0.1) is 0 Å². The van der Waals surface area contributed by atoms with E-state index in [1.165, 1.54) is 0 Å². The standard InChI is InChI=1S/C21H23BrN2O3/c1-27-19-11-10-16(14-18(19)24-13-5-4-8-21(24)26)23-20(25)12-9-15-6-2-3-7-17(15)22/h2-3,6-7,10-11,14H,4-5,8-9,12-13H2,1H3,(H,23,25). The number of carbonyl (C=O) groups excluding carboxylic acids is 2. The quantitative estimate of drug-likeness (QED) is 0.731. The molecule has 1 aliphatic rings. The minimum atomic E-state index is -0.0631. The molecule has 1 aliphatic heterocycles. The van der Waals surface area contributed by atoms with Crippen molar-refractivity contribution in [2.45, 2.75) is 32.1 Å². The second kappa shape index (κ2) is 9.04. The number of anilines is 2. The van der Waals surface area contributed by atoms with Crippen molar-refractivity contribution in [2.24, 2.45) is 0 Å². The molecule has 0 unspecified atom stereocenters. The zero-order valence-corrected chi connectivity index (χ0v) is 16.9. The molecule has 2 aromatic rings. The molecule has 0 radical (unpaired) electrons. The molecular formula is C21H23BrN2O3. The second-order valence-corrected chi connectivity index (χ2v) is 7.38. The minimum absolute atomic E-state index is 0.0631. The van der Waals surface area contributed by atoms with Crippen molar-refractivity contribution in [3.8, 4) is 5.75 Å². The average Bonchev–Trinajstić information content (AvgIpc) is 2.68. The normalized spacial score (nSPS) is 14.1. The highest BCUT2D eigenvalue weighted by atomic mass is 79.9. The van der Waals surface area contributed by atoms with E-state index in [-0.39, 0.29) is 11.8 Å². The first-order valence-electron chi connectivity index (χ1n) is 9.10. The van der Waals surface area contributed by atoms with Crippen LogP contribution >= 0.6 is 15.9 Å². The molecule has 1 fully saturated rings. The highest BCUT2D eigenvalue weighted by Gasteiger charge is 2.23. The molecule has 5 nitrogen and oxygen atoms in total. The first-order chi connectivity index (χ1) is 13.1. The minimum Gasteiger partial charge on any atom is -0.495 e. The van der Waals surface area contributed by atoms with Crippen LogP contribution in [0.15, 0.2) is 46.9 Å². The zero-order valence-electron chi connectivity index (χ0n) is 15.3. The van der Waals surface area contributed by atoms with Gasteiger partial charge in [-0.15, -0.1) is 0 Å². The number of amides is 2. The molecule has 6 heteroatoms. The first kappa shape index (κ1) is 19.4. The van der Waals surface area contributed by atoms with E-state index in [2.05, 4.69) is 21.2 Å². The number of aryl methyl sites for hydroxylation is 1. The van der Waals surface area contributed by atoms with Gasteiger partial charge in [0.05, 0.1) is 12.8 Å². The van der Waals surface area contributed by atoms with Gasteiger partial charge in [0, 0.05) is 29.5 Å². The molecule has 3 rings (SSSR count). The van der Waals surface area contributed by atoms with Crippen molar-refractivity contribution < 1.29 is 14.3 Å². The average molecular weight is 431 g/mol. The van der Waals surface area contributed by atoms with Crippen LogP contribution in [0.5, 0.6) is 5.75 Å². The fourth-order valence-corrected chi connectivity index (χ4v) is 3.70. The van der Waals surface area contributed by atoms with Crippen LogP contribution in [0.2, 0.25) is 0 Å². The van der Waals surface area contributed by atoms with E-state index in [0.29, 0.717) is 42.9 Å². The van der Waals surface area contributed by atoms with Gasteiger partial charge in [-0.3, -0.25) is 9.59 Å². The molecule has 1 N–H and O–H groups in total. The molecule has 142 valence electrons. The lowest BCUT2D eigenvalue weighted by molar-refractivity contribution is -0.119. The van der Waals surface area contributed by atoms with Gasteiger partial charge in [0.2, 0.25) is 11.8 Å². The van der Waals surface area contributed by atoms with E-state index >= 15 is 0 Å². The third kappa shape index (κ3) is 4.89. The highest BCUT2D eigenvalue weighted by Crippen LogP contribution is 2.33. The van der Waals surface area contributed by atoms with Crippen LogP contribution < -0.4 is 15.0 Å². The number of piperidine rings is 1. The van der Waals surface area contributed by atoms with Gasteiger partial charge in [0.1, 0.15) is 5.75 Å². The maximum absolute atomic E-state index is 12.4. The molecule has 0 atom stereocenters. The van der Waals surface area contributed by atoms with Gasteiger partial charge in [0.25, 0.3) is 0 Å². The maximum Gasteiger partial charge on any atom is 0.227 e. The Balaban J connectivity index is 1.69. The molecule has 0 aromatic heterocycles. The topological polar surface area (TPSA) is 58.6 Å². The summed E-state index contributed by atoms with van der Waals surface area (Å²) in [5, 5.41) is 2.93. The van der Waals surface area contributed by atoms with Gasteiger partial charge in [-0.25, -0.2) is 0 Å². The van der Waals surface area contributed by atoms with E-state index < -0.39 is 0 Å². The van der Waals surface area contributed by atoms with Crippen molar-refractivity contribution in [3.05, 3.63) is 52.5 Å². The van der Waals surface area contributed by atoms with Crippen LogP contribution in [0.1, 0.15) is 31.2 Å². The van der Waals surface area contributed by atoms with Gasteiger partial charge in [0.15, 0.2) is 0 Å². The number of carbonyl (C=O) groups is 2. The van der Waals surface area contributed by atoms with Gasteiger partial charge in [-0.05, 0) is 49.1 Å². The fourth-order valence-electron chi connectivity index (χ4n) is 3.21.